The van der Waals surface area contributed by atoms with Gasteiger partial charge in [-0.05, 0) is 44.0 Å². The van der Waals surface area contributed by atoms with E-state index in [4.69, 9.17) is 18.7 Å². The van der Waals surface area contributed by atoms with Gasteiger partial charge in [0.15, 0.2) is 5.82 Å². The Morgan fingerprint density at radius 3 is 2.59 bits per heavy atom. The molecule has 166 valence electrons. The van der Waals surface area contributed by atoms with Gasteiger partial charge in [0.1, 0.15) is 18.1 Å². The van der Waals surface area contributed by atoms with Crippen molar-refractivity contribution < 1.29 is 28.3 Å². The molecule has 0 aliphatic carbocycles. The fraction of sp³-hybridized carbons (Fsp3) is 0.292. The summed E-state index contributed by atoms with van der Waals surface area (Å²) in [6.07, 6.45) is 0.987. The van der Waals surface area contributed by atoms with Gasteiger partial charge in [0.05, 0.1) is 11.7 Å². The Bertz CT molecular complexity index is 1040. The van der Waals surface area contributed by atoms with E-state index in [0.717, 1.165) is 19.4 Å². The molecule has 0 bridgehead atoms. The summed E-state index contributed by atoms with van der Waals surface area (Å²) in [4.78, 5) is 25.6. The standard InChI is InChI=1S/C24H24N2O6/c1-16-14-21(26-32-16)25-23(27)22(17-6-3-2-4-7-17)31-24(28)18-9-11-19(12-10-18)30-15-20-8-5-13-29-20/h2-4,6-7,9-12,14,20,22H,5,8,13,15H2,1H3,(H,25,26,27). The van der Waals surface area contributed by atoms with E-state index in [1.165, 1.54) is 0 Å². The van der Waals surface area contributed by atoms with E-state index in [2.05, 4.69) is 10.5 Å². The monoisotopic (exact) mass is 436 g/mol. The Morgan fingerprint density at radius 2 is 1.94 bits per heavy atom. The average molecular weight is 436 g/mol. The van der Waals surface area contributed by atoms with Crippen LogP contribution in [0.3, 0.4) is 0 Å². The molecule has 2 atom stereocenters. The van der Waals surface area contributed by atoms with Gasteiger partial charge in [0.2, 0.25) is 6.10 Å². The Hall–Kier alpha value is -3.65. The van der Waals surface area contributed by atoms with E-state index in [1.807, 2.05) is 6.07 Å². The first kappa shape index (κ1) is 21.6. The molecule has 8 heteroatoms. The molecule has 1 N–H and O–H groups in total. The second-order valence-electron chi connectivity index (χ2n) is 7.48. The number of aryl methyl sites for hydroxylation is 1. The number of nitrogens with zero attached hydrogens (tertiary/aromatic N) is 1. The number of rotatable bonds is 8. The third-order valence-corrected chi connectivity index (χ3v) is 4.99. The minimum Gasteiger partial charge on any atom is -0.491 e. The molecule has 32 heavy (non-hydrogen) atoms. The number of hydrogen-bond donors (Lipinski definition) is 1. The zero-order valence-corrected chi connectivity index (χ0v) is 17.7. The molecule has 3 aromatic rings. The minimum absolute atomic E-state index is 0.110. The molecular formula is C24H24N2O6. The highest BCUT2D eigenvalue weighted by Gasteiger charge is 2.26. The molecule has 2 aromatic carbocycles. The Labute approximate surface area is 185 Å². The van der Waals surface area contributed by atoms with E-state index in [1.54, 1.807) is 61.5 Å². The van der Waals surface area contributed by atoms with E-state index < -0.39 is 18.0 Å². The summed E-state index contributed by atoms with van der Waals surface area (Å²) < 4.78 is 21.8. The maximum absolute atomic E-state index is 12.9. The first-order valence-corrected chi connectivity index (χ1v) is 10.4. The van der Waals surface area contributed by atoms with Gasteiger partial charge in [-0.15, -0.1) is 0 Å². The number of esters is 1. The van der Waals surface area contributed by atoms with E-state index in [0.29, 0.717) is 29.2 Å². The van der Waals surface area contributed by atoms with Gasteiger partial charge in [-0.3, -0.25) is 4.79 Å². The molecule has 1 saturated heterocycles. The summed E-state index contributed by atoms with van der Waals surface area (Å²) in [5, 5.41) is 6.37. The molecule has 0 spiro atoms. The van der Waals surface area contributed by atoms with Gasteiger partial charge in [0, 0.05) is 18.2 Å². The van der Waals surface area contributed by atoms with Crippen LogP contribution in [0.2, 0.25) is 0 Å². The van der Waals surface area contributed by atoms with Crippen LogP contribution in [-0.2, 0) is 14.3 Å². The Balaban J connectivity index is 1.42. The molecule has 1 aliphatic heterocycles. The number of anilines is 1. The molecule has 2 heterocycles. The van der Waals surface area contributed by atoms with Gasteiger partial charge < -0.3 is 24.1 Å². The fourth-order valence-corrected chi connectivity index (χ4v) is 3.35. The number of carbonyl (C=O) groups is 2. The Kier molecular flexibility index (Phi) is 6.81. The van der Waals surface area contributed by atoms with E-state index >= 15 is 0 Å². The van der Waals surface area contributed by atoms with E-state index in [9.17, 15) is 9.59 Å². The number of hydrogen-bond acceptors (Lipinski definition) is 7. The summed E-state index contributed by atoms with van der Waals surface area (Å²) >= 11 is 0. The summed E-state index contributed by atoms with van der Waals surface area (Å²) in [7, 11) is 0. The smallest absolute Gasteiger partial charge is 0.339 e. The molecular weight excluding hydrogens is 412 g/mol. The molecule has 0 saturated carbocycles. The molecule has 1 aliphatic rings. The van der Waals surface area contributed by atoms with Gasteiger partial charge in [-0.25, -0.2) is 4.79 Å². The van der Waals surface area contributed by atoms with Crippen LogP contribution in [0.15, 0.2) is 65.2 Å². The maximum Gasteiger partial charge on any atom is 0.339 e. The predicted molar refractivity (Wildman–Crippen MR) is 115 cm³/mol. The fourth-order valence-electron chi connectivity index (χ4n) is 3.35. The zero-order chi connectivity index (χ0) is 22.3. The van der Waals surface area contributed by atoms with Crippen LogP contribution in [0.1, 0.15) is 40.6 Å². The van der Waals surface area contributed by atoms with Gasteiger partial charge in [-0.1, -0.05) is 35.5 Å². The largest absolute Gasteiger partial charge is 0.491 e. The zero-order valence-electron chi connectivity index (χ0n) is 17.7. The van der Waals surface area contributed by atoms with Crippen molar-refractivity contribution in [1.82, 2.24) is 5.16 Å². The first-order valence-electron chi connectivity index (χ1n) is 10.4. The molecule has 2 unspecified atom stereocenters. The lowest BCUT2D eigenvalue weighted by molar-refractivity contribution is -0.125. The van der Waals surface area contributed by atoms with E-state index in [-0.39, 0.29) is 11.9 Å². The number of amides is 1. The number of nitrogens with one attached hydrogen (secondary N) is 1. The minimum atomic E-state index is -1.16. The topological polar surface area (TPSA) is 99.9 Å². The van der Waals surface area contributed by atoms with Crippen molar-refractivity contribution in [3.63, 3.8) is 0 Å². The highest BCUT2D eigenvalue weighted by Crippen LogP contribution is 2.23. The van der Waals surface area contributed by atoms with Gasteiger partial charge >= 0.3 is 5.97 Å². The normalized spacial score (nSPS) is 16.3. The van der Waals surface area contributed by atoms with Crippen LogP contribution in [0.5, 0.6) is 5.75 Å². The van der Waals surface area contributed by atoms with Crippen molar-refractivity contribution in [3.8, 4) is 5.75 Å². The molecule has 0 radical (unpaired) electrons. The summed E-state index contributed by atoms with van der Waals surface area (Å²) in [5.74, 6) is 0.272. The second-order valence-corrected chi connectivity index (χ2v) is 7.48. The Morgan fingerprint density at radius 1 is 1.16 bits per heavy atom. The lowest BCUT2D eigenvalue weighted by Gasteiger charge is -2.17. The molecule has 1 amide bonds. The third-order valence-electron chi connectivity index (χ3n) is 4.99. The first-order chi connectivity index (χ1) is 15.6. The van der Waals surface area contributed by atoms with Crippen LogP contribution in [0, 0.1) is 6.92 Å². The number of aromatic nitrogens is 1. The lowest BCUT2D eigenvalue weighted by Crippen LogP contribution is -2.26. The highest BCUT2D eigenvalue weighted by molar-refractivity contribution is 5.97. The molecule has 1 aromatic heterocycles. The summed E-state index contributed by atoms with van der Waals surface area (Å²) in [6, 6.07) is 17.0. The van der Waals surface area contributed by atoms with Crippen molar-refractivity contribution in [2.24, 2.45) is 0 Å². The predicted octanol–water partition coefficient (Wildman–Crippen LogP) is 4.08. The van der Waals surface area contributed by atoms with Crippen LogP contribution in [0.4, 0.5) is 5.82 Å². The maximum atomic E-state index is 12.9. The van der Waals surface area contributed by atoms with Crippen LogP contribution in [-0.4, -0.2) is 36.4 Å². The SMILES string of the molecule is Cc1cc(NC(=O)C(OC(=O)c2ccc(OCC3CCCO3)cc2)c2ccccc2)no1. The number of ether oxygens (including phenoxy) is 3. The van der Waals surface area contributed by atoms with Crippen LogP contribution >= 0.6 is 0 Å². The van der Waals surface area contributed by atoms with Crippen molar-refractivity contribution in [2.45, 2.75) is 32.0 Å². The summed E-state index contributed by atoms with van der Waals surface area (Å²) in [6.45, 7) is 2.96. The van der Waals surface area contributed by atoms with Crippen molar-refractivity contribution in [1.29, 1.82) is 0 Å². The molecule has 1 fully saturated rings. The van der Waals surface area contributed by atoms with Gasteiger partial charge in [0.25, 0.3) is 5.91 Å². The lowest BCUT2D eigenvalue weighted by atomic mass is 10.1. The van der Waals surface area contributed by atoms with Crippen molar-refractivity contribution in [3.05, 3.63) is 77.6 Å². The molecule has 8 nitrogen and oxygen atoms in total. The number of benzene rings is 2. The summed E-state index contributed by atoms with van der Waals surface area (Å²) in [5.41, 5.74) is 0.843. The van der Waals surface area contributed by atoms with Gasteiger partial charge in [-0.2, -0.15) is 0 Å². The van der Waals surface area contributed by atoms with Crippen molar-refractivity contribution in [2.75, 3.05) is 18.5 Å². The third kappa shape index (κ3) is 5.53. The van der Waals surface area contributed by atoms with Crippen LogP contribution < -0.4 is 10.1 Å². The number of carbonyl (C=O) groups excluding carboxylic acids is 2. The second kappa shape index (κ2) is 10.1. The highest BCUT2D eigenvalue weighted by atomic mass is 16.5. The average Bonchev–Trinajstić information content (AvgIpc) is 3.48. The quantitative estimate of drug-likeness (QED) is 0.531. The van der Waals surface area contributed by atoms with Crippen molar-refractivity contribution >= 4 is 17.7 Å². The molecule has 4 rings (SSSR count). The van der Waals surface area contributed by atoms with Crippen LogP contribution in [0.25, 0.3) is 0 Å².